The number of rotatable bonds is 8. The smallest absolute Gasteiger partial charge is 0.157 e. The summed E-state index contributed by atoms with van der Waals surface area (Å²) in [5, 5.41) is 3.48. The highest BCUT2D eigenvalue weighted by molar-refractivity contribution is 5.25. The Labute approximate surface area is 128 Å². The molecule has 21 heavy (non-hydrogen) atoms. The lowest BCUT2D eigenvalue weighted by Crippen LogP contribution is -2.22. The van der Waals surface area contributed by atoms with E-state index >= 15 is 0 Å². The van der Waals surface area contributed by atoms with Gasteiger partial charge >= 0.3 is 0 Å². The van der Waals surface area contributed by atoms with Crippen molar-refractivity contribution in [3.05, 3.63) is 22.8 Å². The van der Waals surface area contributed by atoms with E-state index in [1.807, 2.05) is 6.92 Å². The van der Waals surface area contributed by atoms with Crippen LogP contribution in [0.25, 0.3) is 0 Å². The minimum Gasteiger partial charge on any atom is -0.370 e. The lowest BCUT2D eigenvalue weighted by Gasteiger charge is -2.18. The maximum atomic E-state index is 5.87. The Kier molecular flexibility index (Phi) is 5.71. The fourth-order valence-corrected chi connectivity index (χ4v) is 2.63. The molecule has 1 N–H and O–H groups in total. The zero-order valence-electron chi connectivity index (χ0n) is 14.1. The molecule has 1 aromatic rings. The summed E-state index contributed by atoms with van der Waals surface area (Å²) in [4.78, 5) is 9.47. The predicted octanol–water partition coefficient (Wildman–Crippen LogP) is 3.33. The first-order valence-corrected chi connectivity index (χ1v) is 8.19. The molecule has 0 amide bonds. The Bertz CT molecular complexity index is 446. The van der Waals surface area contributed by atoms with E-state index in [1.54, 1.807) is 0 Å². The number of hydrogen-bond acceptors (Lipinski definition) is 4. The molecule has 1 heterocycles. The van der Waals surface area contributed by atoms with Crippen molar-refractivity contribution in [3.63, 3.8) is 0 Å². The van der Waals surface area contributed by atoms with E-state index in [-0.39, 0.29) is 6.10 Å². The molecule has 0 saturated heterocycles. The van der Waals surface area contributed by atoms with Gasteiger partial charge in [0.05, 0.1) is 0 Å². The molecular weight excluding hydrogens is 262 g/mol. The Balaban J connectivity index is 2.11. The van der Waals surface area contributed by atoms with Crippen molar-refractivity contribution in [2.24, 2.45) is 11.8 Å². The molecule has 0 radical (unpaired) electrons. The summed E-state index contributed by atoms with van der Waals surface area (Å²) in [6.07, 6.45) is 2.57. The van der Waals surface area contributed by atoms with E-state index < -0.39 is 0 Å². The highest BCUT2D eigenvalue weighted by Gasteiger charge is 2.35. The third kappa shape index (κ3) is 4.48. The van der Waals surface area contributed by atoms with E-state index in [2.05, 4.69) is 33.0 Å². The van der Waals surface area contributed by atoms with Gasteiger partial charge in [0.1, 0.15) is 6.10 Å². The summed E-state index contributed by atoms with van der Waals surface area (Å²) in [7, 11) is 0. The van der Waals surface area contributed by atoms with Gasteiger partial charge in [0.15, 0.2) is 5.82 Å². The molecule has 4 heteroatoms. The van der Waals surface area contributed by atoms with Crippen LogP contribution < -0.4 is 5.32 Å². The maximum Gasteiger partial charge on any atom is 0.157 e. The Morgan fingerprint density at radius 2 is 1.81 bits per heavy atom. The quantitative estimate of drug-likeness (QED) is 0.798. The van der Waals surface area contributed by atoms with Crippen molar-refractivity contribution in [2.75, 3.05) is 13.2 Å². The number of aromatic nitrogens is 2. The van der Waals surface area contributed by atoms with Gasteiger partial charge < -0.3 is 10.1 Å². The van der Waals surface area contributed by atoms with Crippen LogP contribution in [0, 0.1) is 25.7 Å². The van der Waals surface area contributed by atoms with Crippen LogP contribution in [0.5, 0.6) is 0 Å². The molecule has 2 rings (SSSR count). The summed E-state index contributed by atoms with van der Waals surface area (Å²) in [5.41, 5.74) is 3.39. The van der Waals surface area contributed by atoms with Gasteiger partial charge in [-0.1, -0.05) is 13.8 Å². The minimum absolute atomic E-state index is 0.0880. The third-order valence-corrected chi connectivity index (χ3v) is 3.94. The van der Waals surface area contributed by atoms with Crippen molar-refractivity contribution in [1.29, 1.82) is 0 Å². The van der Waals surface area contributed by atoms with Crippen LogP contribution >= 0.6 is 0 Å². The third-order valence-electron chi connectivity index (χ3n) is 3.94. The van der Waals surface area contributed by atoms with Crippen molar-refractivity contribution in [3.8, 4) is 0 Å². The van der Waals surface area contributed by atoms with Crippen LogP contribution in [0.4, 0.5) is 0 Å². The molecule has 1 fully saturated rings. The summed E-state index contributed by atoms with van der Waals surface area (Å²) in [5.74, 6) is 2.15. The van der Waals surface area contributed by atoms with Crippen LogP contribution in [0.15, 0.2) is 0 Å². The molecular formula is C17H29N3O. The summed E-state index contributed by atoms with van der Waals surface area (Å²) in [6.45, 7) is 13.2. The van der Waals surface area contributed by atoms with E-state index in [1.165, 1.54) is 18.4 Å². The second-order valence-electron chi connectivity index (χ2n) is 6.47. The molecule has 0 aromatic carbocycles. The second kappa shape index (κ2) is 7.32. The number of nitrogens with one attached hydrogen (secondary N) is 1. The number of hydrogen-bond donors (Lipinski definition) is 1. The molecule has 1 aliphatic rings. The molecule has 118 valence electrons. The maximum absolute atomic E-state index is 5.87. The Hall–Kier alpha value is -1.00. The lowest BCUT2D eigenvalue weighted by atomic mass is 10.1. The van der Waals surface area contributed by atoms with Gasteiger partial charge in [0.2, 0.25) is 0 Å². The van der Waals surface area contributed by atoms with Gasteiger partial charge in [-0.15, -0.1) is 0 Å². The summed E-state index contributed by atoms with van der Waals surface area (Å²) < 4.78 is 5.87. The van der Waals surface area contributed by atoms with Crippen LogP contribution in [-0.2, 0) is 11.3 Å². The average Bonchev–Trinajstić information content (AvgIpc) is 3.23. The zero-order valence-corrected chi connectivity index (χ0v) is 14.1. The van der Waals surface area contributed by atoms with Crippen molar-refractivity contribution < 1.29 is 4.74 Å². The highest BCUT2D eigenvalue weighted by atomic mass is 16.5. The van der Waals surface area contributed by atoms with E-state index in [0.29, 0.717) is 11.8 Å². The zero-order chi connectivity index (χ0) is 15.4. The van der Waals surface area contributed by atoms with E-state index in [0.717, 1.165) is 36.9 Å². The van der Waals surface area contributed by atoms with Crippen molar-refractivity contribution in [1.82, 2.24) is 15.3 Å². The van der Waals surface area contributed by atoms with Crippen LogP contribution in [0.1, 0.15) is 62.5 Å². The topological polar surface area (TPSA) is 47.0 Å². The molecule has 0 bridgehead atoms. The summed E-state index contributed by atoms with van der Waals surface area (Å²) in [6, 6.07) is 0. The van der Waals surface area contributed by atoms with Crippen LogP contribution in [0.3, 0.4) is 0 Å². The molecule has 1 saturated carbocycles. The molecule has 1 aromatic heterocycles. The monoisotopic (exact) mass is 291 g/mol. The van der Waals surface area contributed by atoms with E-state index in [4.69, 9.17) is 14.7 Å². The van der Waals surface area contributed by atoms with Crippen molar-refractivity contribution >= 4 is 0 Å². The van der Waals surface area contributed by atoms with Crippen LogP contribution in [0.2, 0.25) is 0 Å². The molecule has 1 aliphatic carbocycles. The first-order valence-electron chi connectivity index (χ1n) is 8.19. The summed E-state index contributed by atoms with van der Waals surface area (Å²) >= 11 is 0. The molecule has 0 spiro atoms. The van der Waals surface area contributed by atoms with Gasteiger partial charge in [-0.25, -0.2) is 9.97 Å². The number of ether oxygens (including phenoxy) is 1. The Morgan fingerprint density at radius 1 is 1.19 bits per heavy atom. The average molecular weight is 291 g/mol. The van der Waals surface area contributed by atoms with Crippen molar-refractivity contribution in [2.45, 2.75) is 60.1 Å². The van der Waals surface area contributed by atoms with Gasteiger partial charge in [-0.2, -0.15) is 0 Å². The van der Waals surface area contributed by atoms with Gasteiger partial charge in [0.25, 0.3) is 0 Å². The van der Waals surface area contributed by atoms with Gasteiger partial charge in [0, 0.05) is 30.1 Å². The number of nitrogens with zero attached hydrogens (tertiary/aromatic N) is 2. The molecule has 0 aliphatic heterocycles. The highest BCUT2D eigenvalue weighted by Crippen LogP contribution is 2.42. The lowest BCUT2D eigenvalue weighted by molar-refractivity contribution is 0.0397. The first-order chi connectivity index (χ1) is 10.0. The second-order valence-corrected chi connectivity index (χ2v) is 6.47. The minimum atomic E-state index is 0.0880. The van der Waals surface area contributed by atoms with E-state index in [9.17, 15) is 0 Å². The standard InChI is InChI=1S/C17H29N3O/c1-6-21-16(14-7-8-14)17-19-12(4)15(13(5)20-17)10-18-9-11(2)3/h11,14,16,18H,6-10H2,1-5H3. The molecule has 4 nitrogen and oxygen atoms in total. The fraction of sp³-hybridized carbons (Fsp3) is 0.765. The van der Waals surface area contributed by atoms with Gasteiger partial charge in [-0.3, -0.25) is 0 Å². The molecule has 1 unspecified atom stereocenters. The SMILES string of the molecule is CCOC(c1nc(C)c(CNCC(C)C)c(C)n1)C1CC1. The number of aryl methyl sites for hydroxylation is 2. The molecule has 1 atom stereocenters. The predicted molar refractivity (Wildman–Crippen MR) is 85.1 cm³/mol. The van der Waals surface area contributed by atoms with Gasteiger partial charge in [-0.05, 0) is 52.0 Å². The Morgan fingerprint density at radius 3 is 2.29 bits per heavy atom. The van der Waals surface area contributed by atoms with Crippen LogP contribution in [-0.4, -0.2) is 23.1 Å². The normalized spacial score (nSPS) is 16.5. The largest absolute Gasteiger partial charge is 0.370 e. The fourth-order valence-electron chi connectivity index (χ4n) is 2.63. The first kappa shape index (κ1) is 16.4.